The molecule has 1 aliphatic rings. The highest BCUT2D eigenvalue weighted by Crippen LogP contribution is 2.28. The molecule has 1 aromatic carbocycles. The molecule has 1 saturated carbocycles. The van der Waals surface area contributed by atoms with Crippen LogP contribution in [0.2, 0.25) is 0 Å². The van der Waals surface area contributed by atoms with E-state index in [1.807, 2.05) is 12.3 Å². The minimum atomic E-state index is 0.377. The minimum Gasteiger partial charge on any atom is -0.490 e. The highest BCUT2D eigenvalue weighted by atomic mass is 16.5. The van der Waals surface area contributed by atoms with E-state index in [9.17, 15) is 0 Å². The number of aryl methyl sites for hydroxylation is 1. The normalized spacial score (nSPS) is 17.6. The lowest BCUT2D eigenvalue weighted by atomic mass is 9.98. The molecule has 2 aromatic rings. The average molecular weight is 269 g/mol. The fourth-order valence-electron chi connectivity index (χ4n) is 3.05. The first kappa shape index (κ1) is 13.4. The number of rotatable bonds is 2. The van der Waals surface area contributed by atoms with Gasteiger partial charge in [-0.15, -0.1) is 0 Å². The summed E-state index contributed by atoms with van der Waals surface area (Å²) in [5.41, 5.74) is 2.28. The lowest BCUT2D eigenvalue weighted by Gasteiger charge is -2.22. The summed E-state index contributed by atoms with van der Waals surface area (Å²) in [7, 11) is 0. The Hall–Kier alpha value is -1.57. The molecule has 0 amide bonds. The van der Waals surface area contributed by atoms with E-state index in [0.717, 1.165) is 16.7 Å². The lowest BCUT2D eigenvalue weighted by Crippen LogP contribution is -2.18. The number of aromatic nitrogens is 1. The van der Waals surface area contributed by atoms with Crippen molar-refractivity contribution in [3.05, 3.63) is 36.0 Å². The van der Waals surface area contributed by atoms with Crippen LogP contribution in [-0.4, -0.2) is 11.1 Å². The first-order chi connectivity index (χ1) is 9.83. The van der Waals surface area contributed by atoms with Crippen LogP contribution in [0.5, 0.6) is 5.75 Å². The molecule has 1 fully saturated rings. The second-order valence-electron chi connectivity index (χ2n) is 5.91. The SMILES string of the molecule is Cc1ccc2c(OC3CCCCCCC3)ccnc2c1. The molecule has 0 saturated heterocycles. The molecular weight excluding hydrogens is 246 g/mol. The van der Waals surface area contributed by atoms with Gasteiger partial charge in [-0.05, 0) is 56.4 Å². The summed E-state index contributed by atoms with van der Waals surface area (Å²) < 4.78 is 6.30. The maximum absolute atomic E-state index is 6.30. The molecular formula is C18H23NO. The molecule has 0 bridgehead atoms. The summed E-state index contributed by atoms with van der Waals surface area (Å²) in [5, 5.41) is 1.14. The van der Waals surface area contributed by atoms with E-state index in [1.165, 1.54) is 50.5 Å². The second kappa shape index (κ2) is 6.25. The van der Waals surface area contributed by atoms with Gasteiger partial charge in [-0.25, -0.2) is 0 Å². The van der Waals surface area contributed by atoms with E-state index in [1.54, 1.807) is 0 Å². The number of fused-ring (bicyclic) bond motifs is 1. The predicted octanol–water partition coefficient (Wildman–Crippen LogP) is 5.03. The van der Waals surface area contributed by atoms with Crippen molar-refractivity contribution < 1.29 is 4.74 Å². The molecule has 0 unspecified atom stereocenters. The zero-order chi connectivity index (χ0) is 13.8. The molecule has 3 rings (SSSR count). The van der Waals surface area contributed by atoms with Gasteiger partial charge in [0.2, 0.25) is 0 Å². The van der Waals surface area contributed by atoms with Gasteiger partial charge in [0.25, 0.3) is 0 Å². The van der Waals surface area contributed by atoms with Crippen LogP contribution in [0.3, 0.4) is 0 Å². The number of nitrogens with zero attached hydrogens (tertiary/aromatic N) is 1. The Morgan fingerprint density at radius 3 is 2.55 bits per heavy atom. The predicted molar refractivity (Wildman–Crippen MR) is 83.2 cm³/mol. The first-order valence-electron chi connectivity index (χ1n) is 7.85. The molecule has 0 N–H and O–H groups in total. The maximum atomic E-state index is 6.30. The molecule has 20 heavy (non-hydrogen) atoms. The van der Waals surface area contributed by atoms with Crippen molar-refractivity contribution in [3.8, 4) is 5.75 Å². The molecule has 2 nitrogen and oxygen atoms in total. The number of benzene rings is 1. The topological polar surface area (TPSA) is 22.1 Å². The molecule has 1 aliphatic carbocycles. The van der Waals surface area contributed by atoms with Crippen molar-refractivity contribution in [2.75, 3.05) is 0 Å². The highest BCUT2D eigenvalue weighted by Gasteiger charge is 2.14. The van der Waals surface area contributed by atoms with Crippen molar-refractivity contribution in [1.29, 1.82) is 0 Å². The molecule has 106 valence electrons. The van der Waals surface area contributed by atoms with Gasteiger partial charge in [-0.3, -0.25) is 4.98 Å². The Bertz CT molecular complexity index is 571. The summed E-state index contributed by atoms with van der Waals surface area (Å²) in [5.74, 6) is 1.00. The molecule has 0 spiro atoms. The van der Waals surface area contributed by atoms with Crippen molar-refractivity contribution in [1.82, 2.24) is 4.98 Å². The van der Waals surface area contributed by atoms with Crippen LogP contribution in [0, 0.1) is 6.92 Å². The van der Waals surface area contributed by atoms with Gasteiger partial charge < -0.3 is 4.74 Å². The fourth-order valence-corrected chi connectivity index (χ4v) is 3.05. The van der Waals surface area contributed by atoms with Crippen LogP contribution in [-0.2, 0) is 0 Å². The molecule has 0 atom stereocenters. The van der Waals surface area contributed by atoms with Crippen LogP contribution < -0.4 is 4.74 Å². The lowest BCUT2D eigenvalue weighted by molar-refractivity contribution is 0.169. The monoisotopic (exact) mass is 269 g/mol. The Balaban J connectivity index is 1.82. The Labute approximate surface area is 121 Å². The quantitative estimate of drug-likeness (QED) is 0.762. The number of ether oxygens (including phenoxy) is 1. The van der Waals surface area contributed by atoms with E-state index in [4.69, 9.17) is 4.74 Å². The third-order valence-corrected chi connectivity index (χ3v) is 4.20. The summed E-state index contributed by atoms with van der Waals surface area (Å²) in [6.45, 7) is 2.10. The third-order valence-electron chi connectivity index (χ3n) is 4.20. The molecule has 1 heterocycles. The average Bonchev–Trinajstić information content (AvgIpc) is 2.41. The minimum absolute atomic E-state index is 0.377. The van der Waals surface area contributed by atoms with Gasteiger partial charge in [-0.2, -0.15) is 0 Å². The number of hydrogen-bond donors (Lipinski definition) is 0. The Morgan fingerprint density at radius 1 is 1.00 bits per heavy atom. The largest absolute Gasteiger partial charge is 0.490 e. The molecule has 1 aromatic heterocycles. The maximum Gasteiger partial charge on any atom is 0.130 e. The van der Waals surface area contributed by atoms with E-state index < -0.39 is 0 Å². The highest BCUT2D eigenvalue weighted by molar-refractivity contribution is 5.85. The van der Waals surface area contributed by atoms with E-state index in [-0.39, 0.29) is 0 Å². The van der Waals surface area contributed by atoms with Crippen LogP contribution in [0.4, 0.5) is 0 Å². The zero-order valence-corrected chi connectivity index (χ0v) is 12.3. The fraction of sp³-hybridized carbons (Fsp3) is 0.500. The summed E-state index contributed by atoms with van der Waals surface area (Å²) in [6.07, 6.45) is 11.3. The zero-order valence-electron chi connectivity index (χ0n) is 12.3. The first-order valence-corrected chi connectivity index (χ1v) is 7.85. The smallest absolute Gasteiger partial charge is 0.130 e. The van der Waals surface area contributed by atoms with Gasteiger partial charge in [0, 0.05) is 11.6 Å². The van der Waals surface area contributed by atoms with Crippen molar-refractivity contribution in [3.63, 3.8) is 0 Å². The van der Waals surface area contributed by atoms with Gasteiger partial charge in [-0.1, -0.05) is 25.3 Å². The van der Waals surface area contributed by atoms with Gasteiger partial charge in [0.15, 0.2) is 0 Å². The van der Waals surface area contributed by atoms with Crippen LogP contribution >= 0.6 is 0 Å². The van der Waals surface area contributed by atoms with E-state index in [2.05, 4.69) is 30.1 Å². The van der Waals surface area contributed by atoms with Crippen LogP contribution in [0.15, 0.2) is 30.5 Å². The van der Waals surface area contributed by atoms with Crippen LogP contribution in [0.1, 0.15) is 50.5 Å². The number of hydrogen-bond acceptors (Lipinski definition) is 2. The van der Waals surface area contributed by atoms with Gasteiger partial charge in [0.05, 0.1) is 11.6 Å². The summed E-state index contributed by atoms with van der Waals surface area (Å²) in [6, 6.07) is 8.40. The number of pyridine rings is 1. The summed E-state index contributed by atoms with van der Waals surface area (Å²) in [4.78, 5) is 4.45. The van der Waals surface area contributed by atoms with Crippen molar-refractivity contribution >= 4 is 10.9 Å². The molecule has 0 radical (unpaired) electrons. The van der Waals surface area contributed by atoms with Crippen molar-refractivity contribution in [2.24, 2.45) is 0 Å². The van der Waals surface area contributed by atoms with Crippen LogP contribution in [0.25, 0.3) is 10.9 Å². The Kier molecular flexibility index (Phi) is 4.19. The molecule has 2 heteroatoms. The van der Waals surface area contributed by atoms with Gasteiger partial charge >= 0.3 is 0 Å². The molecule has 0 aliphatic heterocycles. The summed E-state index contributed by atoms with van der Waals surface area (Å²) >= 11 is 0. The standard InChI is InChI=1S/C18H23NO/c1-14-9-10-16-17(13-14)19-12-11-18(16)20-15-7-5-3-2-4-6-8-15/h9-13,15H,2-8H2,1H3. The van der Waals surface area contributed by atoms with E-state index >= 15 is 0 Å². The third kappa shape index (κ3) is 3.12. The Morgan fingerprint density at radius 2 is 1.75 bits per heavy atom. The van der Waals surface area contributed by atoms with E-state index in [0.29, 0.717) is 6.10 Å². The second-order valence-corrected chi connectivity index (χ2v) is 5.91. The van der Waals surface area contributed by atoms with Crippen molar-refractivity contribution in [2.45, 2.75) is 58.0 Å². The van der Waals surface area contributed by atoms with Gasteiger partial charge in [0.1, 0.15) is 5.75 Å².